The first-order valence-corrected chi connectivity index (χ1v) is 14.9. The summed E-state index contributed by atoms with van der Waals surface area (Å²) in [6, 6.07) is 9.72. The van der Waals surface area contributed by atoms with Gasteiger partial charge in [-0.3, -0.25) is 9.59 Å². The number of hydrogen-bond acceptors (Lipinski definition) is 4. The molecule has 4 aliphatic carbocycles. The number of rotatable bonds is 7. The Balaban J connectivity index is 1.29. The first kappa shape index (κ1) is 24.8. The number of anilines is 1. The molecule has 2 aromatic rings. The molecule has 5 aliphatic rings. The van der Waals surface area contributed by atoms with Gasteiger partial charge in [-0.05, 0) is 108 Å². The van der Waals surface area contributed by atoms with Crippen molar-refractivity contribution in [2.24, 2.45) is 11.8 Å². The highest BCUT2D eigenvalue weighted by atomic mass is 16.3. The fourth-order valence-electron chi connectivity index (χ4n) is 7.44. The lowest BCUT2D eigenvalue weighted by Gasteiger charge is -2.43. The number of allylic oxidation sites excluding steroid dienone is 5. The van der Waals surface area contributed by atoms with Crippen LogP contribution in [0.2, 0.25) is 0 Å². The van der Waals surface area contributed by atoms with Crippen molar-refractivity contribution in [3.63, 3.8) is 0 Å². The van der Waals surface area contributed by atoms with Crippen molar-refractivity contribution in [1.82, 2.24) is 4.90 Å². The topological polar surface area (TPSA) is 60.9 Å². The van der Waals surface area contributed by atoms with Crippen molar-refractivity contribution in [3.05, 3.63) is 71.3 Å². The molecule has 0 spiro atoms. The van der Waals surface area contributed by atoms with Gasteiger partial charge in [-0.25, -0.2) is 0 Å². The Bertz CT molecular complexity index is 1430. The highest BCUT2D eigenvalue weighted by Gasteiger charge is 2.41. The number of aliphatic hydroxyl groups is 1. The lowest BCUT2D eigenvalue weighted by Crippen LogP contribution is -2.56. The maximum atomic E-state index is 12.8. The number of hydrogen-bond donors (Lipinski definition) is 1. The number of benzene rings is 2. The lowest BCUT2D eigenvalue weighted by molar-refractivity contribution is -0.135. The number of carbonyl (C=O) groups is 2. The van der Waals surface area contributed by atoms with Crippen molar-refractivity contribution in [3.8, 4) is 0 Å². The Hall–Kier alpha value is -3.18. The molecule has 3 fully saturated rings. The molecule has 1 heterocycles. The van der Waals surface area contributed by atoms with E-state index in [-0.39, 0.29) is 36.7 Å². The number of ketones is 1. The van der Waals surface area contributed by atoms with E-state index < -0.39 is 0 Å². The highest BCUT2D eigenvalue weighted by Crippen LogP contribution is 2.48. The van der Waals surface area contributed by atoms with E-state index in [2.05, 4.69) is 52.8 Å². The van der Waals surface area contributed by atoms with E-state index in [1.807, 2.05) is 0 Å². The Morgan fingerprint density at radius 1 is 1.05 bits per heavy atom. The third-order valence-corrected chi connectivity index (χ3v) is 9.78. The van der Waals surface area contributed by atoms with Gasteiger partial charge in [0.1, 0.15) is 0 Å². The van der Waals surface area contributed by atoms with Gasteiger partial charge < -0.3 is 14.9 Å². The van der Waals surface area contributed by atoms with Crippen LogP contribution >= 0.6 is 0 Å². The number of fused-ring (bicyclic) bond motifs is 4. The Labute approximate surface area is 230 Å². The van der Waals surface area contributed by atoms with Crippen LogP contribution in [0.5, 0.6) is 0 Å². The van der Waals surface area contributed by atoms with E-state index in [4.69, 9.17) is 0 Å². The van der Waals surface area contributed by atoms with Gasteiger partial charge in [0, 0.05) is 37.7 Å². The van der Waals surface area contributed by atoms with Crippen molar-refractivity contribution in [2.45, 2.75) is 63.3 Å². The molecule has 1 amide bonds. The molecule has 2 atom stereocenters. The monoisotopic (exact) mass is 522 g/mol. The Kier molecular flexibility index (Phi) is 6.23. The van der Waals surface area contributed by atoms with Crippen molar-refractivity contribution < 1.29 is 14.7 Å². The first-order chi connectivity index (χ1) is 19.1. The van der Waals surface area contributed by atoms with Gasteiger partial charge in [-0.1, -0.05) is 36.4 Å². The smallest absolute Gasteiger partial charge is 0.225 e. The number of piperazine rings is 1. The van der Waals surface area contributed by atoms with Gasteiger partial charge in [-0.2, -0.15) is 0 Å². The minimum Gasteiger partial charge on any atom is -0.396 e. The molecule has 0 bridgehead atoms. The van der Waals surface area contributed by atoms with E-state index in [0.29, 0.717) is 11.8 Å². The fraction of sp³-hybridized carbons (Fsp3) is 0.471. The van der Waals surface area contributed by atoms with Gasteiger partial charge in [0.2, 0.25) is 5.91 Å². The summed E-state index contributed by atoms with van der Waals surface area (Å²) >= 11 is 0. The number of nitrogens with zero attached hydrogens (tertiary/aromatic N) is 2. The van der Waals surface area contributed by atoms with Gasteiger partial charge in [0.05, 0.1) is 12.6 Å². The van der Waals surface area contributed by atoms with E-state index in [1.165, 1.54) is 76.1 Å². The van der Waals surface area contributed by atoms with Crippen LogP contribution in [0.1, 0.15) is 67.6 Å². The summed E-state index contributed by atoms with van der Waals surface area (Å²) in [5.74, 6) is 1.39. The maximum absolute atomic E-state index is 12.8. The van der Waals surface area contributed by atoms with Crippen LogP contribution in [-0.4, -0.2) is 54.0 Å². The summed E-state index contributed by atoms with van der Waals surface area (Å²) in [4.78, 5) is 30.0. The third-order valence-electron chi connectivity index (χ3n) is 9.78. The summed E-state index contributed by atoms with van der Waals surface area (Å²) in [6.45, 7) is 6.10. The molecule has 5 nitrogen and oxygen atoms in total. The Morgan fingerprint density at radius 2 is 1.90 bits per heavy atom. The molecule has 0 radical (unpaired) electrons. The Morgan fingerprint density at radius 3 is 2.64 bits per heavy atom. The molecular weight excluding hydrogens is 484 g/mol. The largest absolute Gasteiger partial charge is 0.396 e. The van der Waals surface area contributed by atoms with Crippen LogP contribution in [0.4, 0.5) is 5.69 Å². The predicted octanol–water partition coefficient (Wildman–Crippen LogP) is 5.56. The highest BCUT2D eigenvalue weighted by molar-refractivity contribution is 6.01. The number of aryl methyl sites for hydroxylation is 1. The quantitative estimate of drug-likeness (QED) is 0.484. The van der Waals surface area contributed by atoms with Gasteiger partial charge in [-0.15, -0.1) is 0 Å². The van der Waals surface area contributed by atoms with Gasteiger partial charge in [0.25, 0.3) is 0 Å². The zero-order chi connectivity index (χ0) is 26.7. The summed E-state index contributed by atoms with van der Waals surface area (Å²) < 4.78 is 0. The number of aliphatic hydroxyl groups excluding tert-OH is 1. The van der Waals surface area contributed by atoms with Crippen LogP contribution in [0.25, 0.3) is 16.3 Å². The molecule has 1 N–H and O–H groups in total. The minimum absolute atomic E-state index is 0.0658. The minimum atomic E-state index is -0.0766. The van der Waals surface area contributed by atoms with E-state index >= 15 is 0 Å². The predicted molar refractivity (Wildman–Crippen MR) is 156 cm³/mol. The van der Waals surface area contributed by atoms with Gasteiger partial charge >= 0.3 is 0 Å². The molecule has 1 saturated heterocycles. The fourth-order valence-corrected chi connectivity index (χ4v) is 7.44. The zero-order valence-corrected chi connectivity index (χ0v) is 22.7. The molecular formula is C34H38N2O3. The van der Waals surface area contributed by atoms with Crippen LogP contribution < -0.4 is 4.90 Å². The zero-order valence-electron chi connectivity index (χ0n) is 22.7. The summed E-state index contributed by atoms with van der Waals surface area (Å²) in [5, 5.41) is 12.1. The SMILES string of the molecule is C=CC(=O)[C@@H]1CC=CC2=C1CCc1c2ccc2c(C3CC3)cc(N3CCN(C(=O)CCO)C(C4CC4)C3)cc12. The van der Waals surface area contributed by atoms with E-state index in [1.54, 1.807) is 0 Å². The van der Waals surface area contributed by atoms with Crippen LogP contribution in [0.15, 0.2) is 54.6 Å². The molecule has 2 saturated carbocycles. The van der Waals surface area contributed by atoms with Crippen molar-refractivity contribution in [1.29, 1.82) is 0 Å². The normalized spacial score (nSPS) is 24.5. The number of amides is 1. The molecule has 1 unspecified atom stereocenters. The molecule has 5 heteroatoms. The molecule has 1 aliphatic heterocycles. The van der Waals surface area contributed by atoms with Crippen LogP contribution in [0, 0.1) is 11.8 Å². The number of carbonyl (C=O) groups excluding carboxylic acids is 2. The maximum Gasteiger partial charge on any atom is 0.225 e. The molecule has 7 rings (SSSR count). The average Bonchev–Trinajstić information content (AvgIpc) is 3.89. The van der Waals surface area contributed by atoms with Gasteiger partial charge in [0.15, 0.2) is 5.78 Å². The second-order valence-electron chi connectivity index (χ2n) is 12.1. The summed E-state index contributed by atoms with van der Waals surface area (Å²) in [5.41, 5.74) is 8.00. The second kappa shape index (κ2) is 9.78. The lowest BCUT2D eigenvalue weighted by atomic mass is 9.73. The van der Waals surface area contributed by atoms with Crippen LogP contribution in [-0.2, 0) is 16.0 Å². The second-order valence-corrected chi connectivity index (χ2v) is 12.1. The molecule has 202 valence electrons. The van der Waals surface area contributed by atoms with E-state index in [0.717, 1.165) is 38.9 Å². The first-order valence-electron chi connectivity index (χ1n) is 14.9. The molecule has 0 aromatic heterocycles. The summed E-state index contributed by atoms with van der Waals surface area (Å²) in [6.07, 6.45) is 13.7. The summed E-state index contributed by atoms with van der Waals surface area (Å²) in [7, 11) is 0. The average molecular weight is 523 g/mol. The van der Waals surface area contributed by atoms with Crippen molar-refractivity contribution in [2.75, 3.05) is 31.1 Å². The van der Waals surface area contributed by atoms with Crippen LogP contribution in [0.3, 0.4) is 0 Å². The standard InChI is InChI=1S/C34H38N2O3/c1-2-33(38)29-5-3-4-24-25-10-13-28-30(21-6-7-21)18-23(19-31(28)27(25)12-11-26(24)29)35-15-16-36(34(39)14-17-37)32(20-35)22-8-9-22/h2-4,10,13,18-19,21-22,29,32,37H,1,5-9,11-12,14-17,20H2/t29-,32?/m1/s1. The molecule has 2 aromatic carbocycles. The molecule has 39 heavy (non-hydrogen) atoms. The van der Waals surface area contributed by atoms with Crippen molar-refractivity contribution >= 4 is 33.7 Å². The van der Waals surface area contributed by atoms with E-state index in [9.17, 15) is 14.7 Å². The third kappa shape index (κ3) is 4.35.